The van der Waals surface area contributed by atoms with Crippen LogP contribution in [0.3, 0.4) is 0 Å². The summed E-state index contributed by atoms with van der Waals surface area (Å²) in [6.07, 6.45) is 1.72. The molecule has 28 heavy (non-hydrogen) atoms. The monoisotopic (exact) mass is 383 g/mol. The molecule has 5 N–H and O–H groups in total. The molecular formula is C20H29N7O. The van der Waals surface area contributed by atoms with Crippen molar-refractivity contribution in [1.29, 1.82) is 0 Å². The number of nitrogen functional groups attached to an aromatic ring is 1. The molecule has 0 amide bonds. The van der Waals surface area contributed by atoms with E-state index in [0.717, 1.165) is 22.5 Å². The van der Waals surface area contributed by atoms with Crippen molar-refractivity contribution in [3.8, 4) is 0 Å². The van der Waals surface area contributed by atoms with E-state index < -0.39 is 5.60 Å². The van der Waals surface area contributed by atoms with E-state index in [2.05, 4.69) is 31.7 Å². The third-order valence-electron chi connectivity index (χ3n) is 5.08. The molecule has 8 heteroatoms. The number of rotatable bonds is 7. The number of aliphatic hydroxyl groups is 1. The number of nitrogens with zero attached hydrogens (tertiary/aromatic N) is 4. The van der Waals surface area contributed by atoms with E-state index in [-0.39, 0.29) is 5.92 Å². The zero-order valence-corrected chi connectivity index (χ0v) is 17.1. The Labute approximate surface area is 165 Å². The highest BCUT2D eigenvalue weighted by molar-refractivity contribution is 5.84. The second-order valence-electron chi connectivity index (χ2n) is 7.91. The lowest BCUT2D eigenvalue weighted by Crippen LogP contribution is -2.33. The van der Waals surface area contributed by atoms with E-state index in [0.29, 0.717) is 30.4 Å². The zero-order chi connectivity index (χ0) is 20.5. The first kappa shape index (κ1) is 19.9. The molecule has 0 radical (unpaired) electrons. The number of imidazole rings is 1. The zero-order valence-electron chi connectivity index (χ0n) is 17.1. The lowest BCUT2D eigenvalue weighted by Gasteiger charge is -2.25. The predicted octanol–water partition coefficient (Wildman–Crippen LogP) is 2.68. The molecule has 2 aromatic heterocycles. The number of fused-ring (bicyclic) bond motifs is 1. The molecule has 0 aliphatic rings. The maximum atomic E-state index is 10.1. The van der Waals surface area contributed by atoms with Crippen molar-refractivity contribution in [1.82, 2.24) is 19.5 Å². The number of hydrogen-bond donors (Lipinski definition) is 4. The van der Waals surface area contributed by atoms with Gasteiger partial charge in [0.2, 0.25) is 5.95 Å². The normalized spacial score (nSPS) is 12.9. The minimum atomic E-state index is -0.784. The van der Waals surface area contributed by atoms with Crippen LogP contribution in [0.25, 0.3) is 11.2 Å². The number of hydrogen-bond acceptors (Lipinski definition) is 7. The van der Waals surface area contributed by atoms with Crippen LogP contribution in [0, 0.1) is 12.8 Å². The number of aromatic nitrogens is 4. The Bertz CT molecular complexity index is 975. The minimum Gasteiger partial charge on any atom is -0.398 e. The van der Waals surface area contributed by atoms with Crippen molar-refractivity contribution in [2.75, 3.05) is 22.9 Å². The van der Waals surface area contributed by atoms with Gasteiger partial charge in [-0.05, 0) is 32.4 Å². The second-order valence-corrected chi connectivity index (χ2v) is 7.91. The summed E-state index contributed by atoms with van der Waals surface area (Å²) in [6.45, 7) is 8.70. The summed E-state index contributed by atoms with van der Waals surface area (Å²) in [5.74, 6) is 1.17. The van der Waals surface area contributed by atoms with E-state index in [1.54, 1.807) is 20.2 Å². The molecule has 3 aromatic rings. The summed E-state index contributed by atoms with van der Waals surface area (Å²) < 4.78 is 1.85. The summed E-state index contributed by atoms with van der Waals surface area (Å²) in [6, 6.07) is 5.96. The van der Waals surface area contributed by atoms with Gasteiger partial charge < -0.3 is 26.0 Å². The molecule has 1 atom stereocenters. The van der Waals surface area contributed by atoms with Gasteiger partial charge >= 0.3 is 0 Å². The predicted molar refractivity (Wildman–Crippen MR) is 113 cm³/mol. The molecule has 0 spiro atoms. The van der Waals surface area contributed by atoms with Crippen LogP contribution in [0.1, 0.15) is 31.9 Å². The molecule has 0 saturated heterocycles. The van der Waals surface area contributed by atoms with Crippen LogP contribution in [0.4, 0.5) is 17.5 Å². The molecule has 1 aromatic carbocycles. The molecule has 0 saturated carbocycles. The van der Waals surface area contributed by atoms with Gasteiger partial charge in [-0.3, -0.25) is 0 Å². The van der Waals surface area contributed by atoms with Crippen LogP contribution in [-0.2, 0) is 13.6 Å². The molecule has 2 heterocycles. The van der Waals surface area contributed by atoms with E-state index in [9.17, 15) is 5.11 Å². The Morgan fingerprint density at radius 1 is 1.25 bits per heavy atom. The lowest BCUT2D eigenvalue weighted by molar-refractivity contribution is 0.0303. The van der Waals surface area contributed by atoms with Gasteiger partial charge in [-0.15, -0.1) is 0 Å². The smallest absolute Gasteiger partial charge is 0.226 e. The van der Waals surface area contributed by atoms with E-state index in [4.69, 9.17) is 5.73 Å². The molecule has 0 fully saturated rings. The molecule has 0 aliphatic heterocycles. The van der Waals surface area contributed by atoms with E-state index in [1.807, 2.05) is 37.6 Å². The van der Waals surface area contributed by atoms with Gasteiger partial charge in [0, 0.05) is 31.7 Å². The highest BCUT2D eigenvalue weighted by atomic mass is 16.3. The summed E-state index contributed by atoms with van der Waals surface area (Å²) in [7, 11) is 1.90. The van der Waals surface area contributed by atoms with Crippen LogP contribution < -0.4 is 16.4 Å². The molecule has 1 unspecified atom stereocenters. The Balaban J connectivity index is 1.85. The lowest BCUT2D eigenvalue weighted by atomic mass is 9.93. The maximum absolute atomic E-state index is 10.1. The van der Waals surface area contributed by atoms with Crippen LogP contribution >= 0.6 is 0 Å². The highest BCUT2D eigenvalue weighted by Crippen LogP contribution is 2.23. The molecule has 0 bridgehead atoms. The van der Waals surface area contributed by atoms with Crippen LogP contribution in [-0.4, -0.2) is 36.8 Å². The van der Waals surface area contributed by atoms with Crippen molar-refractivity contribution < 1.29 is 5.11 Å². The van der Waals surface area contributed by atoms with Crippen molar-refractivity contribution in [3.63, 3.8) is 0 Å². The van der Waals surface area contributed by atoms with Gasteiger partial charge in [0.1, 0.15) is 0 Å². The van der Waals surface area contributed by atoms with Gasteiger partial charge in [0.25, 0.3) is 0 Å². The van der Waals surface area contributed by atoms with E-state index in [1.165, 1.54) is 0 Å². The number of nitrogens with two attached hydrogens (primary N) is 1. The number of anilines is 3. The van der Waals surface area contributed by atoms with Crippen LogP contribution in [0.5, 0.6) is 0 Å². The quantitative estimate of drug-likeness (QED) is 0.464. The minimum absolute atomic E-state index is 0.0295. The number of nitrogens with one attached hydrogen (secondary N) is 2. The van der Waals surface area contributed by atoms with Crippen LogP contribution in [0.2, 0.25) is 0 Å². The van der Waals surface area contributed by atoms with Gasteiger partial charge in [0.15, 0.2) is 17.0 Å². The molecule has 3 rings (SSSR count). The highest BCUT2D eigenvalue weighted by Gasteiger charge is 2.22. The van der Waals surface area contributed by atoms with Crippen LogP contribution in [0.15, 0.2) is 24.5 Å². The molecular weight excluding hydrogens is 354 g/mol. The average Bonchev–Trinajstić information content (AvgIpc) is 3.00. The van der Waals surface area contributed by atoms with Crippen molar-refractivity contribution in [3.05, 3.63) is 35.7 Å². The summed E-state index contributed by atoms with van der Waals surface area (Å²) in [5.41, 5.74) is 9.64. The topological polar surface area (TPSA) is 114 Å². The summed E-state index contributed by atoms with van der Waals surface area (Å²) >= 11 is 0. The Hall–Kier alpha value is -2.87. The fraction of sp³-hybridized carbons (Fsp3) is 0.450. The van der Waals surface area contributed by atoms with Crippen molar-refractivity contribution in [2.45, 2.75) is 39.8 Å². The fourth-order valence-electron chi connectivity index (χ4n) is 2.77. The van der Waals surface area contributed by atoms with Gasteiger partial charge in [-0.25, -0.2) is 4.98 Å². The summed E-state index contributed by atoms with van der Waals surface area (Å²) in [5, 5.41) is 16.7. The second kappa shape index (κ2) is 7.63. The maximum Gasteiger partial charge on any atom is 0.226 e. The Morgan fingerprint density at radius 2 is 2.00 bits per heavy atom. The first-order valence-electron chi connectivity index (χ1n) is 9.39. The van der Waals surface area contributed by atoms with Gasteiger partial charge in [-0.2, -0.15) is 9.97 Å². The number of aryl methyl sites for hydroxylation is 2. The third-order valence-corrected chi connectivity index (χ3v) is 5.08. The SMILES string of the molecule is Cc1ccc(N)c(CNc2nc(NCC(C)C(C)(C)O)nc3c2ncn3C)c1. The average molecular weight is 384 g/mol. The van der Waals surface area contributed by atoms with Crippen molar-refractivity contribution >= 4 is 28.6 Å². The number of benzene rings is 1. The third kappa shape index (κ3) is 4.33. The summed E-state index contributed by atoms with van der Waals surface area (Å²) in [4.78, 5) is 13.6. The first-order chi connectivity index (χ1) is 13.1. The van der Waals surface area contributed by atoms with Gasteiger partial charge in [0.05, 0.1) is 11.9 Å². The molecule has 8 nitrogen and oxygen atoms in total. The van der Waals surface area contributed by atoms with Crippen molar-refractivity contribution in [2.24, 2.45) is 13.0 Å². The first-order valence-corrected chi connectivity index (χ1v) is 9.39. The Morgan fingerprint density at radius 3 is 2.71 bits per heavy atom. The molecule has 150 valence electrons. The standard InChI is InChI=1S/C20H29N7O/c1-12-6-7-15(21)14(8-12)10-22-17-16-18(27(5)11-24-16)26-19(25-17)23-9-13(2)20(3,4)28/h6-8,11,13,28H,9-10,21H2,1-5H3,(H2,22,23,25,26). The Kier molecular flexibility index (Phi) is 5.42. The largest absolute Gasteiger partial charge is 0.398 e. The van der Waals surface area contributed by atoms with E-state index >= 15 is 0 Å². The fourth-order valence-corrected chi connectivity index (χ4v) is 2.77. The van der Waals surface area contributed by atoms with Gasteiger partial charge in [-0.1, -0.05) is 24.6 Å². The molecule has 0 aliphatic carbocycles.